The molecule has 0 unspecified atom stereocenters. The summed E-state index contributed by atoms with van der Waals surface area (Å²) in [6.45, 7) is 8.83. The number of aromatic nitrogens is 2. The Morgan fingerprint density at radius 2 is 1.71 bits per heavy atom. The Labute approximate surface area is 166 Å². The molecule has 5 heteroatoms. The molecule has 0 saturated carbocycles. The Hall–Kier alpha value is -3.21. The van der Waals surface area contributed by atoms with Gasteiger partial charge < -0.3 is 10.2 Å². The van der Waals surface area contributed by atoms with Crippen LogP contribution in [0.2, 0.25) is 0 Å². The molecule has 0 spiro atoms. The average molecular weight is 374 g/mol. The molecule has 1 heterocycles. The van der Waals surface area contributed by atoms with Crippen LogP contribution >= 0.6 is 0 Å². The monoisotopic (exact) mass is 374 g/mol. The molecule has 1 amide bonds. The molecule has 0 saturated heterocycles. The molecule has 3 rings (SSSR count). The predicted octanol–water partition coefficient (Wildman–Crippen LogP) is 5.32. The molecule has 0 aliphatic rings. The lowest BCUT2D eigenvalue weighted by Crippen LogP contribution is -2.22. The highest BCUT2D eigenvalue weighted by Gasteiger charge is 2.17. The molecule has 1 aromatic heterocycles. The summed E-state index contributed by atoms with van der Waals surface area (Å²) in [7, 11) is 0. The number of carbonyl (C=O) groups excluding carboxylic acids is 1. The van der Waals surface area contributed by atoms with Crippen LogP contribution in [-0.2, 0) is 0 Å². The minimum Gasteiger partial charge on any atom is -0.320 e. The Bertz CT molecular complexity index is 954. The summed E-state index contributed by atoms with van der Waals surface area (Å²) in [4.78, 5) is 24.0. The van der Waals surface area contributed by atoms with E-state index in [-0.39, 0.29) is 5.91 Å². The van der Waals surface area contributed by atoms with Gasteiger partial charge in [-0.1, -0.05) is 50.2 Å². The number of nitrogens with zero attached hydrogens (tertiary/aromatic N) is 3. The first kappa shape index (κ1) is 19.5. The minimum atomic E-state index is -0.232. The van der Waals surface area contributed by atoms with Gasteiger partial charge in [-0.2, -0.15) is 0 Å². The van der Waals surface area contributed by atoms with Crippen molar-refractivity contribution in [2.24, 2.45) is 0 Å². The standard InChI is InChI=1S/C23H26N4O/c1-5-27(18-11-7-6-8-12-18)23-24-17(4)15-21(26-23)22(28)25-20-14-10-9-13-19(20)16(2)3/h6-16H,5H2,1-4H3,(H,25,28). The third kappa shape index (κ3) is 4.36. The average Bonchev–Trinajstić information content (AvgIpc) is 2.69. The molecule has 3 aromatic rings. The zero-order valence-electron chi connectivity index (χ0n) is 16.8. The molecule has 0 aliphatic heterocycles. The van der Waals surface area contributed by atoms with E-state index in [9.17, 15) is 4.79 Å². The van der Waals surface area contributed by atoms with E-state index in [1.165, 1.54) is 0 Å². The van der Waals surface area contributed by atoms with Gasteiger partial charge in [0.05, 0.1) is 0 Å². The first-order chi connectivity index (χ1) is 13.5. The van der Waals surface area contributed by atoms with E-state index in [4.69, 9.17) is 0 Å². The molecule has 28 heavy (non-hydrogen) atoms. The number of hydrogen-bond acceptors (Lipinski definition) is 4. The Morgan fingerprint density at radius 3 is 2.39 bits per heavy atom. The van der Waals surface area contributed by atoms with Crippen LogP contribution in [-0.4, -0.2) is 22.4 Å². The minimum absolute atomic E-state index is 0.232. The van der Waals surface area contributed by atoms with Gasteiger partial charge in [0, 0.05) is 23.6 Å². The van der Waals surface area contributed by atoms with Gasteiger partial charge >= 0.3 is 0 Å². The summed E-state index contributed by atoms with van der Waals surface area (Å²) in [6.07, 6.45) is 0. The van der Waals surface area contributed by atoms with Gasteiger partial charge in [0.25, 0.3) is 5.91 Å². The quantitative estimate of drug-likeness (QED) is 0.634. The molecule has 0 atom stereocenters. The Morgan fingerprint density at radius 1 is 1.04 bits per heavy atom. The van der Waals surface area contributed by atoms with Gasteiger partial charge in [0.1, 0.15) is 5.69 Å². The maximum Gasteiger partial charge on any atom is 0.274 e. The highest BCUT2D eigenvalue weighted by Crippen LogP contribution is 2.25. The maximum absolute atomic E-state index is 12.9. The van der Waals surface area contributed by atoms with Crippen molar-refractivity contribution >= 4 is 23.2 Å². The smallest absolute Gasteiger partial charge is 0.274 e. The molecular weight excluding hydrogens is 348 g/mol. The van der Waals surface area contributed by atoms with Crippen LogP contribution in [0.5, 0.6) is 0 Å². The van der Waals surface area contributed by atoms with E-state index >= 15 is 0 Å². The molecule has 0 fully saturated rings. The van der Waals surface area contributed by atoms with Gasteiger partial charge in [-0.15, -0.1) is 0 Å². The molecule has 2 aromatic carbocycles. The highest BCUT2D eigenvalue weighted by atomic mass is 16.1. The maximum atomic E-state index is 12.9. The lowest BCUT2D eigenvalue weighted by atomic mass is 10.0. The summed E-state index contributed by atoms with van der Waals surface area (Å²) in [6, 6.07) is 19.5. The van der Waals surface area contributed by atoms with E-state index in [1.54, 1.807) is 6.07 Å². The van der Waals surface area contributed by atoms with Crippen LogP contribution < -0.4 is 10.2 Å². The SMILES string of the molecule is CCN(c1ccccc1)c1nc(C)cc(C(=O)Nc2ccccc2C(C)C)n1. The number of carbonyl (C=O) groups is 1. The summed E-state index contributed by atoms with van der Waals surface area (Å²) < 4.78 is 0. The van der Waals surface area contributed by atoms with Gasteiger partial charge in [-0.05, 0) is 49.6 Å². The van der Waals surface area contributed by atoms with Crippen molar-refractivity contribution in [3.8, 4) is 0 Å². The molecule has 1 N–H and O–H groups in total. The largest absolute Gasteiger partial charge is 0.320 e. The number of para-hydroxylation sites is 2. The van der Waals surface area contributed by atoms with E-state index in [1.807, 2.05) is 73.3 Å². The van der Waals surface area contributed by atoms with Crippen LogP contribution in [0.25, 0.3) is 0 Å². The number of aryl methyl sites for hydroxylation is 1. The van der Waals surface area contributed by atoms with E-state index in [2.05, 4.69) is 29.1 Å². The number of hydrogen-bond donors (Lipinski definition) is 1. The molecular formula is C23H26N4O. The second-order valence-electron chi connectivity index (χ2n) is 6.97. The second kappa shape index (κ2) is 8.65. The topological polar surface area (TPSA) is 58.1 Å². The van der Waals surface area contributed by atoms with Crippen LogP contribution in [0.15, 0.2) is 60.7 Å². The fourth-order valence-corrected chi connectivity index (χ4v) is 3.14. The Kier molecular flexibility index (Phi) is 6.04. The van der Waals surface area contributed by atoms with Crippen molar-refractivity contribution < 1.29 is 4.79 Å². The number of amides is 1. The van der Waals surface area contributed by atoms with Crippen molar-refractivity contribution in [2.45, 2.75) is 33.6 Å². The Balaban J connectivity index is 1.92. The summed E-state index contributed by atoms with van der Waals surface area (Å²) in [5, 5.41) is 3.01. The first-order valence-electron chi connectivity index (χ1n) is 9.58. The highest BCUT2D eigenvalue weighted by molar-refractivity contribution is 6.03. The number of benzene rings is 2. The van der Waals surface area contributed by atoms with Crippen molar-refractivity contribution in [1.82, 2.24) is 9.97 Å². The molecule has 0 bridgehead atoms. The normalized spacial score (nSPS) is 10.8. The third-order valence-corrected chi connectivity index (χ3v) is 4.53. The third-order valence-electron chi connectivity index (χ3n) is 4.53. The van der Waals surface area contributed by atoms with Crippen LogP contribution in [0.4, 0.5) is 17.3 Å². The summed E-state index contributed by atoms with van der Waals surface area (Å²) in [5.74, 6) is 0.604. The van der Waals surface area contributed by atoms with Crippen LogP contribution in [0.3, 0.4) is 0 Å². The van der Waals surface area contributed by atoms with Crippen molar-refractivity contribution in [2.75, 3.05) is 16.8 Å². The van der Waals surface area contributed by atoms with Gasteiger partial charge in [0.2, 0.25) is 5.95 Å². The van der Waals surface area contributed by atoms with E-state index in [0.717, 1.165) is 22.6 Å². The lowest BCUT2D eigenvalue weighted by Gasteiger charge is -2.21. The number of anilines is 3. The van der Waals surface area contributed by atoms with Gasteiger partial charge in [-0.25, -0.2) is 9.97 Å². The molecule has 0 aliphatic carbocycles. The van der Waals surface area contributed by atoms with Gasteiger partial charge in [-0.3, -0.25) is 4.79 Å². The number of nitrogens with one attached hydrogen (secondary N) is 1. The predicted molar refractivity (Wildman–Crippen MR) is 114 cm³/mol. The fraction of sp³-hybridized carbons (Fsp3) is 0.261. The van der Waals surface area contributed by atoms with Crippen LogP contribution in [0.1, 0.15) is 48.4 Å². The zero-order chi connectivity index (χ0) is 20.1. The first-order valence-corrected chi connectivity index (χ1v) is 9.58. The van der Waals surface area contributed by atoms with E-state index < -0.39 is 0 Å². The molecule has 0 radical (unpaired) electrons. The second-order valence-corrected chi connectivity index (χ2v) is 6.97. The zero-order valence-corrected chi connectivity index (χ0v) is 16.8. The fourth-order valence-electron chi connectivity index (χ4n) is 3.14. The number of rotatable bonds is 6. The van der Waals surface area contributed by atoms with Crippen molar-refractivity contribution in [1.29, 1.82) is 0 Å². The molecule has 144 valence electrons. The van der Waals surface area contributed by atoms with Crippen molar-refractivity contribution in [3.05, 3.63) is 77.6 Å². The van der Waals surface area contributed by atoms with Crippen LogP contribution in [0, 0.1) is 6.92 Å². The van der Waals surface area contributed by atoms with Gasteiger partial charge in [0.15, 0.2) is 0 Å². The van der Waals surface area contributed by atoms with Crippen molar-refractivity contribution in [3.63, 3.8) is 0 Å². The lowest BCUT2D eigenvalue weighted by molar-refractivity contribution is 0.102. The summed E-state index contributed by atoms with van der Waals surface area (Å²) in [5.41, 5.74) is 4.02. The van der Waals surface area contributed by atoms with E-state index in [0.29, 0.717) is 24.1 Å². The molecule has 5 nitrogen and oxygen atoms in total. The summed E-state index contributed by atoms with van der Waals surface area (Å²) >= 11 is 0.